The second kappa shape index (κ2) is 9.41. The highest BCUT2D eigenvalue weighted by Crippen LogP contribution is 2.15. The van der Waals surface area contributed by atoms with Crippen LogP contribution in [0, 0.1) is 13.8 Å². The van der Waals surface area contributed by atoms with E-state index in [0.717, 1.165) is 30.0 Å². The largest absolute Gasteiger partial charge is 0.304 e. The standard InChI is InChI=1S/C10H16N2.C10H15N/c1-4-9-5-6-11-10(7-9)8-12(2)3;1-7(2)10-5-8(3)11-9(4)6-10/h5-7H,4,8H2,1-3H3;5-7H,1-4H3. The maximum absolute atomic E-state index is 4.32. The third-order valence-corrected chi connectivity index (χ3v) is 3.54. The van der Waals surface area contributed by atoms with Crippen LogP contribution in [0.1, 0.15) is 54.9 Å². The van der Waals surface area contributed by atoms with Gasteiger partial charge in [0.15, 0.2) is 0 Å². The summed E-state index contributed by atoms with van der Waals surface area (Å²) in [7, 11) is 4.11. The molecule has 0 unspecified atom stereocenters. The molecule has 0 aliphatic carbocycles. The molecule has 0 N–H and O–H groups in total. The van der Waals surface area contributed by atoms with Gasteiger partial charge in [-0.1, -0.05) is 20.8 Å². The first-order chi connectivity index (χ1) is 10.8. The van der Waals surface area contributed by atoms with E-state index >= 15 is 0 Å². The molecule has 0 aliphatic heterocycles. The Labute approximate surface area is 141 Å². The van der Waals surface area contributed by atoms with Crippen molar-refractivity contribution in [3.8, 4) is 0 Å². The van der Waals surface area contributed by atoms with Gasteiger partial charge in [-0.25, -0.2) is 0 Å². The summed E-state index contributed by atoms with van der Waals surface area (Å²) in [5.41, 5.74) is 6.14. The first-order valence-electron chi connectivity index (χ1n) is 8.35. The van der Waals surface area contributed by atoms with Crippen molar-refractivity contribution in [1.82, 2.24) is 14.9 Å². The molecule has 0 amide bonds. The van der Waals surface area contributed by atoms with Gasteiger partial charge in [-0.3, -0.25) is 9.97 Å². The van der Waals surface area contributed by atoms with Crippen molar-refractivity contribution in [2.24, 2.45) is 0 Å². The molecule has 0 radical (unpaired) electrons. The van der Waals surface area contributed by atoms with Crippen molar-refractivity contribution in [3.63, 3.8) is 0 Å². The number of pyridine rings is 2. The summed E-state index contributed by atoms with van der Waals surface area (Å²) < 4.78 is 0. The summed E-state index contributed by atoms with van der Waals surface area (Å²) in [5, 5.41) is 0. The van der Waals surface area contributed by atoms with Crippen LogP contribution in [0.2, 0.25) is 0 Å². The van der Waals surface area contributed by atoms with Crippen LogP contribution in [0.15, 0.2) is 30.5 Å². The molecule has 2 rings (SSSR count). The Morgan fingerprint density at radius 1 is 1.04 bits per heavy atom. The molecule has 126 valence electrons. The van der Waals surface area contributed by atoms with Gasteiger partial charge in [0.05, 0.1) is 5.69 Å². The number of nitrogens with zero attached hydrogens (tertiary/aromatic N) is 3. The van der Waals surface area contributed by atoms with Crippen molar-refractivity contribution in [3.05, 3.63) is 58.7 Å². The second-order valence-electron chi connectivity index (χ2n) is 6.58. The minimum absolute atomic E-state index is 0.607. The minimum atomic E-state index is 0.607. The maximum Gasteiger partial charge on any atom is 0.0546 e. The summed E-state index contributed by atoms with van der Waals surface area (Å²) >= 11 is 0. The lowest BCUT2D eigenvalue weighted by Crippen LogP contribution is -2.11. The molecule has 3 heteroatoms. The molecule has 3 nitrogen and oxygen atoms in total. The lowest BCUT2D eigenvalue weighted by Gasteiger charge is -2.08. The fourth-order valence-corrected chi connectivity index (χ4v) is 2.36. The third kappa shape index (κ3) is 7.38. The number of hydrogen-bond donors (Lipinski definition) is 0. The Morgan fingerprint density at radius 3 is 2.13 bits per heavy atom. The fraction of sp³-hybridized carbons (Fsp3) is 0.500. The monoisotopic (exact) mass is 313 g/mol. The fourth-order valence-electron chi connectivity index (χ4n) is 2.36. The molecule has 0 spiro atoms. The molecular weight excluding hydrogens is 282 g/mol. The Bertz CT molecular complexity index is 583. The Kier molecular flexibility index (Phi) is 7.90. The van der Waals surface area contributed by atoms with Gasteiger partial charge in [0.25, 0.3) is 0 Å². The quantitative estimate of drug-likeness (QED) is 0.830. The van der Waals surface area contributed by atoms with Gasteiger partial charge in [-0.2, -0.15) is 0 Å². The number of aromatic nitrogens is 2. The summed E-state index contributed by atoms with van der Waals surface area (Å²) in [4.78, 5) is 10.7. The van der Waals surface area contributed by atoms with Gasteiger partial charge in [0, 0.05) is 24.1 Å². The van der Waals surface area contributed by atoms with Gasteiger partial charge < -0.3 is 4.90 Å². The average molecular weight is 313 g/mol. The number of rotatable bonds is 4. The second-order valence-corrected chi connectivity index (χ2v) is 6.58. The first-order valence-corrected chi connectivity index (χ1v) is 8.35. The molecule has 0 saturated heterocycles. The predicted molar refractivity (Wildman–Crippen MR) is 98.8 cm³/mol. The Hall–Kier alpha value is -1.74. The molecule has 0 aromatic carbocycles. The molecule has 0 saturated carbocycles. The molecule has 2 heterocycles. The van der Waals surface area contributed by atoms with Crippen molar-refractivity contribution in [2.45, 2.75) is 53.5 Å². The molecular formula is C20H31N3. The molecule has 0 aliphatic rings. The molecule has 23 heavy (non-hydrogen) atoms. The average Bonchev–Trinajstić information content (AvgIpc) is 2.46. The molecule has 0 fully saturated rings. The number of aryl methyl sites for hydroxylation is 3. The van der Waals surface area contributed by atoms with Gasteiger partial charge in [0.2, 0.25) is 0 Å². The first kappa shape index (κ1) is 19.3. The van der Waals surface area contributed by atoms with Crippen LogP contribution in [0.4, 0.5) is 0 Å². The summed E-state index contributed by atoms with van der Waals surface area (Å²) in [6, 6.07) is 8.54. The molecule has 2 aromatic heterocycles. The van der Waals surface area contributed by atoms with E-state index in [-0.39, 0.29) is 0 Å². The smallest absolute Gasteiger partial charge is 0.0546 e. The zero-order valence-electron chi connectivity index (χ0n) is 15.7. The third-order valence-electron chi connectivity index (χ3n) is 3.54. The van der Waals surface area contributed by atoms with Crippen LogP contribution < -0.4 is 0 Å². The highest BCUT2D eigenvalue weighted by Gasteiger charge is 2.00. The molecule has 0 atom stereocenters. The summed E-state index contributed by atoms with van der Waals surface area (Å²) in [6.07, 6.45) is 2.97. The topological polar surface area (TPSA) is 29.0 Å². The van der Waals surface area contributed by atoms with Crippen molar-refractivity contribution >= 4 is 0 Å². The SMILES string of the molecule is CCc1ccnc(CN(C)C)c1.Cc1cc(C(C)C)cc(C)n1. The highest BCUT2D eigenvalue weighted by molar-refractivity contribution is 5.22. The van der Waals surface area contributed by atoms with Crippen molar-refractivity contribution < 1.29 is 0 Å². The van der Waals surface area contributed by atoms with Gasteiger partial charge >= 0.3 is 0 Å². The van der Waals surface area contributed by atoms with Crippen LogP contribution in [-0.2, 0) is 13.0 Å². The van der Waals surface area contributed by atoms with E-state index < -0.39 is 0 Å². The summed E-state index contributed by atoms with van der Waals surface area (Å²) in [6.45, 7) is 11.6. The predicted octanol–water partition coefficient (Wildman–Crippen LogP) is 4.53. The van der Waals surface area contributed by atoms with E-state index in [2.05, 4.69) is 74.0 Å². The van der Waals surface area contributed by atoms with Crippen LogP contribution in [0.3, 0.4) is 0 Å². The molecule has 2 aromatic rings. The normalized spacial score (nSPS) is 10.7. The van der Waals surface area contributed by atoms with Crippen LogP contribution in [0.25, 0.3) is 0 Å². The lowest BCUT2D eigenvalue weighted by atomic mass is 10.0. The zero-order chi connectivity index (χ0) is 17.4. The zero-order valence-corrected chi connectivity index (χ0v) is 15.7. The van der Waals surface area contributed by atoms with E-state index in [1.807, 2.05) is 20.0 Å². The number of hydrogen-bond acceptors (Lipinski definition) is 3. The minimum Gasteiger partial charge on any atom is -0.304 e. The van der Waals surface area contributed by atoms with Crippen molar-refractivity contribution in [1.29, 1.82) is 0 Å². The van der Waals surface area contributed by atoms with E-state index in [4.69, 9.17) is 0 Å². The Morgan fingerprint density at radius 2 is 1.65 bits per heavy atom. The van der Waals surface area contributed by atoms with Crippen LogP contribution in [0.5, 0.6) is 0 Å². The van der Waals surface area contributed by atoms with E-state index in [1.54, 1.807) is 0 Å². The maximum atomic E-state index is 4.32. The van der Waals surface area contributed by atoms with Crippen molar-refractivity contribution in [2.75, 3.05) is 14.1 Å². The van der Waals surface area contributed by atoms with Gasteiger partial charge in [0.1, 0.15) is 0 Å². The van der Waals surface area contributed by atoms with Crippen LogP contribution in [-0.4, -0.2) is 29.0 Å². The Balaban J connectivity index is 0.000000231. The summed E-state index contributed by atoms with van der Waals surface area (Å²) in [5.74, 6) is 0.607. The van der Waals surface area contributed by atoms with E-state index in [9.17, 15) is 0 Å². The van der Waals surface area contributed by atoms with Gasteiger partial charge in [-0.05, 0) is 75.7 Å². The van der Waals surface area contributed by atoms with E-state index in [0.29, 0.717) is 5.92 Å². The van der Waals surface area contributed by atoms with Gasteiger partial charge in [-0.15, -0.1) is 0 Å². The van der Waals surface area contributed by atoms with E-state index in [1.165, 1.54) is 11.1 Å². The lowest BCUT2D eigenvalue weighted by molar-refractivity contribution is 0.396. The van der Waals surface area contributed by atoms with Crippen LogP contribution >= 0.6 is 0 Å². The highest BCUT2D eigenvalue weighted by atomic mass is 15.1. The molecule has 0 bridgehead atoms.